The quantitative estimate of drug-likeness (QED) is 0.588. The van der Waals surface area contributed by atoms with Gasteiger partial charge in [-0.05, 0) is 12.1 Å². The van der Waals surface area contributed by atoms with Crippen LogP contribution in [0.3, 0.4) is 0 Å². The molecule has 5 nitrogen and oxygen atoms in total. The number of pyridine rings is 1. The summed E-state index contributed by atoms with van der Waals surface area (Å²) in [5, 5.41) is 0.757. The summed E-state index contributed by atoms with van der Waals surface area (Å²) in [6.07, 6.45) is 2.18. The van der Waals surface area contributed by atoms with Crippen molar-refractivity contribution in [3.8, 4) is 0 Å². The molecule has 5 heteroatoms. The third kappa shape index (κ3) is 1.48. The molecule has 0 saturated carbocycles. The molecule has 0 amide bonds. The first-order valence-electron chi connectivity index (χ1n) is 4.27. The van der Waals surface area contributed by atoms with E-state index in [9.17, 15) is 9.59 Å². The van der Waals surface area contributed by atoms with Crippen molar-refractivity contribution in [3.05, 3.63) is 29.7 Å². The number of aldehydes is 1. The van der Waals surface area contributed by atoms with Crippen molar-refractivity contribution in [2.45, 2.75) is 0 Å². The smallest absolute Gasteiger partial charge is 0.358 e. The lowest BCUT2D eigenvalue weighted by molar-refractivity contribution is 0.0596. The molecule has 0 aliphatic carbocycles. The number of rotatable bonds is 2. The lowest BCUT2D eigenvalue weighted by atomic mass is 10.2. The van der Waals surface area contributed by atoms with Gasteiger partial charge in [-0.15, -0.1) is 0 Å². The van der Waals surface area contributed by atoms with E-state index in [-0.39, 0.29) is 5.69 Å². The molecular formula is C10H8N2O3. The predicted octanol–water partition coefficient (Wildman–Crippen LogP) is 1.16. The fourth-order valence-electron chi connectivity index (χ4n) is 1.39. The highest BCUT2D eigenvalue weighted by atomic mass is 16.5. The molecule has 2 aromatic rings. The average molecular weight is 204 g/mol. The van der Waals surface area contributed by atoms with Crippen LogP contribution in [-0.4, -0.2) is 29.3 Å². The molecule has 0 aliphatic heterocycles. The molecule has 2 rings (SSSR count). The van der Waals surface area contributed by atoms with Crippen LogP contribution in [0.4, 0.5) is 0 Å². The molecule has 1 N–H and O–H groups in total. The minimum Gasteiger partial charge on any atom is -0.464 e. The van der Waals surface area contributed by atoms with Gasteiger partial charge in [-0.25, -0.2) is 9.78 Å². The highest BCUT2D eigenvalue weighted by Gasteiger charge is 2.13. The molecule has 0 spiro atoms. The van der Waals surface area contributed by atoms with Crippen LogP contribution in [0.5, 0.6) is 0 Å². The maximum Gasteiger partial charge on any atom is 0.358 e. The lowest BCUT2D eigenvalue weighted by Crippen LogP contribution is -2.04. The van der Waals surface area contributed by atoms with Gasteiger partial charge < -0.3 is 9.72 Å². The van der Waals surface area contributed by atoms with E-state index >= 15 is 0 Å². The van der Waals surface area contributed by atoms with Crippen molar-refractivity contribution in [3.63, 3.8) is 0 Å². The standard InChI is InChI=1S/C10H8N2O3/c1-15-10(14)9-8-6(2-3-11-9)4-7(5-13)12-8/h2-5,12H,1H3. The minimum atomic E-state index is -0.528. The summed E-state index contributed by atoms with van der Waals surface area (Å²) in [6, 6.07) is 3.36. The second kappa shape index (κ2) is 3.53. The minimum absolute atomic E-state index is 0.183. The SMILES string of the molecule is COC(=O)c1nccc2cc(C=O)[nH]c12. The third-order valence-corrected chi connectivity index (χ3v) is 2.07. The normalized spacial score (nSPS) is 10.2. The van der Waals surface area contributed by atoms with Gasteiger partial charge >= 0.3 is 5.97 Å². The summed E-state index contributed by atoms with van der Waals surface area (Å²) in [4.78, 5) is 28.6. The van der Waals surface area contributed by atoms with Crippen LogP contribution < -0.4 is 0 Å². The summed E-state index contributed by atoms with van der Waals surface area (Å²) in [6.45, 7) is 0. The van der Waals surface area contributed by atoms with E-state index in [2.05, 4.69) is 14.7 Å². The van der Waals surface area contributed by atoms with Crippen molar-refractivity contribution in [2.24, 2.45) is 0 Å². The van der Waals surface area contributed by atoms with Gasteiger partial charge in [-0.3, -0.25) is 4.79 Å². The molecule has 0 bridgehead atoms. The molecule has 76 valence electrons. The number of ether oxygens (including phenoxy) is 1. The van der Waals surface area contributed by atoms with Crippen LogP contribution in [0.2, 0.25) is 0 Å². The molecule has 0 atom stereocenters. The fourth-order valence-corrected chi connectivity index (χ4v) is 1.39. The van der Waals surface area contributed by atoms with Crippen molar-refractivity contribution in [1.29, 1.82) is 0 Å². The summed E-state index contributed by atoms with van der Waals surface area (Å²) < 4.78 is 4.58. The number of carbonyl (C=O) groups is 2. The Morgan fingerprint density at radius 3 is 3.07 bits per heavy atom. The van der Waals surface area contributed by atoms with Gasteiger partial charge in [-0.1, -0.05) is 0 Å². The van der Waals surface area contributed by atoms with Crippen molar-refractivity contribution in [2.75, 3.05) is 7.11 Å². The Hall–Kier alpha value is -2.17. The van der Waals surface area contributed by atoms with E-state index in [4.69, 9.17) is 0 Å². The number of nitrogens with one attached hydrogen (secondary N) is 1. The molecule has 0 radical (unpaired) electrons. The van der Waals surface area contributed by atoms with E-state index in [0.717, 1.165) is 5.39 Å². The number of aromatic amines is 1. The van der Waals surface area contributed by atoms with E-state index in [0.29, 0.717) is 17.5 Å². The van der Waals surface area contributed by atoms with E-state index < -0.39 is 5.97 Å². The monoisotopic (exact) mass is 204 g/mol. The first kappa shape index (κ1) is 9.39. The predicted molar refractivity (Wildman–Crippen MR) is 52.8 cm³/mol. The van der Waals surface area contributed by atoms with Crippen molar-refractivity contribution >= 4 is 23.2 Å². The Morgan fingerprint density at radius 2 is 2.40 bits per heavy atom. The maximum absolute atomic E-state index is 11.3. The zero-order valence-electron chi connectivity index (χ0n) is 7.98. The van der Waals surface area contributed by atoms with Gasteiger partial charge in [0.15, 0.2) is 12.0 Å². The van der Waals surface area contributed by atoms with E-state index in [1.807, 2.05) is 0 Å². The van der Waals surface area contributed by atoms with Gasteiger partial charge in [0.2, 0.25) is 0 Å². The molecular weight excluding hydrogens is 196 g/mol. The number of esters is 1. The number of carbonyl (C=O) groups excluding carboxylic acids is 2. The Labute approximate surface area is 85.1 Å². The average Bonchev–Trinajstić information content (AvgIpc) is 2.70. The number of H-pyrrole nitrogens is 1. The van der Waals surface area contributed by atoms with Gasteiger partial charge in [0, 0.05) is 11.6 Å². The van der Waals surface area contributed by atoms with Crippen LogP contribution in [0.1, 0.15) is 21.0 Å². The second-order valence-electron chi connectivity index (χ2n) is 2.96. The Morgan fingerprint density at radius 1 is 1.60 bits per heavy atom. The zero-order chi connectivity index (χ0) is 10.8. The van der Waals surface area contributed by atoms with Crippen molar-refractivity contribution < 1.29 is 14.3 Å². The van der Waals surface area contributed by atoms with E-state index in [1.54, 1.807) is 12.1 Å². The molecule has 0 unspecified atom stereocenters. The highest BCUT2D eigenvalue weighted by Crippen LogP contribution is 2.17. The first-order valence-corrected chi connectivity index (χ1v) is 4.27. The summed E-state index contributed by atoms with van der Waals surface area (Å²) >= 11 is 0. The number of aromatic nitrogens is 2. The third-order valence-electron chi connectivity index (χ3n) is 2.07. The molecule has 0 saturated heterocycles. The Balaban J connectivity index is 2.69. The number of nitrogens with zero attached hydrogens (tertiary/aromatic N) is 1. The largest absolute Gasteiger partial charge is 0.464 e. The number of hydrogen-bond donors (Lipinski definition) is 1. The molecule has 2 aromatic heterocycles. The van der Waals surface area contributed by atoms with Gasteiger partial charge in [-0.2, -0.15) is 0 Å². The Bertz CT molecular complexity index is 530. The lowest BCUT2D eigenvalue weighted by Gasteiger charge is -1.98. The van der Waals surface area contributed by atoms with Gasteiger partial charge in [0.05, 0.1) is 18.3 Å². The number of fused-ring (bicyclic) bond motifs is 1. The molecule has 15 heavy (non-hydrogen) atoms. The van der Waals surface area contributed by atoms with Crippen LogP contribution in [0, 0.1) is 0 Å². The van der Waals surface area contributed by atoms with Gasteiger partial charge in [0.1, 0.15) is 0 Å². The van der Waals surface area contributed by atoms with Crippen LogP contribution >= 0.6 is 0 Å². The Kier molecular flexibility index (Phi) is 2.21. The maximum atomic E-state index is 11.3. The summed E-state index contributed by atoms with van der Waals surface area (Å²) in [7, 11) is 1.28. The number of methoxy groups -OCH3 is 1. The van der Waals surface area contributed by atoms with Crippen molar-refractivity contribution in [1.82, 2.24) is 9.97 Å². The highest BCUT2D eigenvalue weighted by molar-refractivity contribution is 6.02. The van der Waals surface area contributed by atoms with Crippen LogP contribution in [-0.2, 0) is 4.74 Å². The molecule has 0 aliphatic rings. The number of hydrogen-bond acceptors (Lipinski definition) is 4. The first-order chi connectivity index (χ1) is 7.26. The van der Waals surface area contributed by atoms with Gasteiger partial charge in [0.25, 0.3) is 0 Å². The fraction of sp³-hybridized carbons (Fsp3) is 0.100. The second-order valence-corrected chi connectivity index (χ2v) is 2.96. The molecule has 2 heterocycles. The zero-order valence-corrected chi connectivity index (χ0v) is 7.98. The van der Waals surface area contributed by atoms with Crippen LogP contribution in [0.15, 0.2) is 18.3 Å². The topological polar surface area (TPSA) is 72.0 Å². The molecule has 0 aromatic carbocycles. The van der Waals surface area contributed by atoms with Crippen LogP contribution in [0.25, 0.3) is 10.9 Å². The van der Waals surface area contributed by atoms with E-state index in [1.165, 1.54) is 13.3 Å². The molecule has 0 fully saturated rings. The summed E-state index contributed by atoms with van der Waals surface area (Å²) in [5.74, 6) is -0.528. The summed E-state index contributed by atoms with van der Waals surface area (Å²) in [5.41, 5.74) is 1.11.